The first kappa shape index (κ1) is 22.7. The van der Waals surface area contributed by atoms with Crippen LogP contribution in [0.3, 0.4) is 0 Å². The van der Waals surface area contributed by atoms with Crippen LogP contribution in [0, 0.1) is 13.8 Å². The molecule has 4 nitrogen and oxygen atoms in total. The van der Waals surface area contributed by atoms with Crippen molar-refractivity contribution in [1.29, 1.82) is 0 Å². The molecule has 0 saturated carbocycles. The number of hydrogen-bond acceptors (Lipinski definition) is 2. The Balaban J connectivity index is 2.31. The second-order valence-corrected chi connectivity index (χ2v) is 7.86. The highest BCUT2D eigenvalue weighted by Gasteiger charge is 2.29. The third kappa shape index (κ3) is 6.45. The molecule has 2 rings (SSSR count). The van der Waals surface area contributed by atoms with Gasteiger partial charge in [0.25, 0.3) is 0 Å². The smallest absolute Gasteiger partial charge is 0.243 e. The van der Waals surface area contributed by atoms with Gasteiger partial charge in [-0.3, -0.25) is 9.59 Å². The molecule has 156 valence electrons. The first-order chi connectivity index (χ1) is 13.8. The zero-order valence-corrected chi connectivity index (χ0v) is 18.4. The fourth-order valence-corrected chi connectivity index (χ4v) is 3.43. The predicted octanol–water partition coefficient (Wildman–Crippen LogP) is 4.57. The number of hydrogen-bond donors (Lipinski definition) is 1. The maximum Gasteiger partial charge on any atom is 0.243 e. The van der Waals surface area contributed by atoms with Crippen molar-refractivity contribution >= 4 is 11.8 Å². The highest BCUT2D eigenvalue weighted by molar-refractivity contribution is 5.88. The van der Waals surface area contributed by atoms with Crippen molar-refractivity contribution in [2.75, 3.05) is 0 Å². The average molecular weight is 395 g/mol. The Morgan fingerprint density at radius 1 is 1.00 bits per heavy atom. The van der Waals surface area contributed by atoms with Gasteiger partial charge in [0.15, 0.2) is 0 Å². The fraction of sp³-hybridized carbons (Fsp3) is 0.440. The van der Waals surface area contributed by atoms with Crippen molar-refractivity contribution < 1.29 is 9.59 Å². The maximum atomic E-state index is 13.3. The van der Waals surface area contributed by atoms with Crippen molar-refractivity contribution in [3.05, 3.63) is 70.8 Å². The van der Waals surface area contributed by atoms with Crippen LogP contribution in [0.4, 0.5) is 0 Å². The second-order valence-electron chi connectivity index (χ2n) is 7.86. The lowest BCUT2D eigenvalue weighted by atomic mass is 10.0. The van der Waals surface area contributed by atoms with Gasteiger partial charge in [-0.15, -0.1) is 0 Å². The van der Waals surface area contributed by atoms with Gasteiger partial charge >= 0.3 is 0 Å². The number of rotatable bonds is 9. The van der Waals surface area contributed by atoms with E-state index in [4.69, 9.17) is 0 Å². The summed E-state index contributed by atoms with van der Waals surface area (Å²) in [5.74, 6) is -0.0990. The summed E-state index contributed by atoms with van der Waals surface area (Å²) in [7, 11) is 0. The monoisotopic (exact) mass is 394 g/mol. The van der Waals surface area contributed by atoms with Gasteiger partial charge in [0, 0.05) is 12.6 Å². The Kier molecular flexibility index (Phi) is 8.44. The SMILES string of the molecule is CC[C@@H](C)NC(=O)[C@@H](CC)N(Cc1ccccc1C)C(=O)Cc1cccc(C)c1. The van der Waals surface area contributed by atoms with Crippen LogP contribution in [-0.2, 0) is 22.6 Å². The summed E-state index contributed by atoms with van der Waals surface area (Å²) in [5, 5.41) is 3.06. The molecule has 0 radical (unpaired) electrons. The molecule has 0 saturated heterocycles. The number of benzene rings is 2. The number of amides is 2. The lowest BCUT2D eigenvalue weighted by molar-refractivity contribution is -0.141. The molecule has 2 aromatic rings. The quantitative estimate of drug-likeness (QED) is 0.677. The van der Waals surface area contributed by atoms with E-state index >= 15 is 0 Å². The van der Waals surface area contributed by atoms with Crippen molar-refractivity contribution in [3.63, 3.8) is 0 Å². The minimum atomic E-state index is -0.485. The summed E-state index contributed by atoms with van der Waals surface area (Å²) in [6.07, 6.45) is 1.73. The first-order valence-corrected chi connectivity index (χ1v) is 10.6. The minimum absolute atomic E-state index is 0.0231. The van der Waals surface area contributed by atoms with Gasteiger partial charge in [0.2, 0.25) is 11.8 Å². The van der Waals surface area contributed by atoms with E-state index in [9.17, 15) is 9.59 Å². The largest absolute Gasteiger partial charge is 0.352 e. The molecule has 2 aromatic carbocycles. The van der Waals surface area contributed by atoms with E-state index in [0.717, 1.165) is 28.7 Å². The second kappa shape index (κ2) is 10.8. The third-order valence-electron chi connectivity index (χ3n) is 5.43. The molecule has 0 spiro atoms. The number of aryl methyl sites for hydroxylation is 2. The van der Waals surface area contributed by atoms with Crippen LogP contribution in [0.15, 0.2) is 48.5 Å². The molecular formula is C25H34N2O2. The Labute approximate surface area is 175 Å². The van der Waals surface area contributed by atoms with Crippen LogP contribution >= 0.6 is 0 Å². The molecule has 0 aromatic heterocycles. The predicted molar refractivity (Wildman–Crippen MR) is 119 cm³/mol. The molecule has 1 N–H and O–H groups in total. The molecule has 2 atom stereocenters. The van der Waals surface area contributed by atoms with Gasteiger partial charge in [-0.1, -0.05) is 67.9 Å². The van der Waals surface area contributed by atoms with Crippen LogP contribution in [0.1, 0.15) is 55.9 Å². The topological polar surface area (TPSA) is 49.4 Å². The van der Waals surface area contributed by atoms with Gasteiger partial charge < -0.3 is 10.2 Å². The van der Waals surface area contributed by atoms with Crippen LogP contribution in [0.25, 0.3) is 0 Å². The standard InChI is InChI=1S/C25H34N2O2/c1-6-20(5)26-25(29)23(7-2)27(17-22-14-9-8-12-19(22)4)24(28)16-21-13-10-11-18(3)15-21/h8-15,20,23H,6-7,16-17H2,1-5H3,(H,26,29)/t20-,23-/m1/s1. The molecule has 0 bridgehead atoms. The van der Waals surface area contributed by atoms with Crippen molar-refractivity contribution in [1.82, 2.24) is 10.2 Å². The summed E-state index contributed by atoms with van der Waals surface area (Å²) < 4.78 is 0. The summed E-state index contributed by atoms with van der Waals surface area (Å²) in [4.78, 5) is 28.1. The summed E-state index contributed by atoms with van der Waals surface area (Å²) >= 11 is 0. The van der Waals surface area contributed by atoms with Gasteiger partial charge in [-0.2, -0.15) is 0 Å². The molecular weight excluding hydrogens is 360 g/mol. The Bertz CT molecular complexity index is 831. The van der Waals surface area contributed by atoms with Crippen molar-refractivity contribution in [2.24, 2.45) is 0 Å². The third-order valence-corrected chi connectivity index (χ3v) is 5.43. The van der Waals surface area contributed by atoms with Gasteiger partial charge in [0.1, 0.15) is 6.04 Å². The highest BCUT2D eigenvalue weighted by Crippen LogP contribution is 2.17. The average Bonchev–Trinajstić information content (AvgIpc) is 2.69. The molecule has 0 aliphatic rings. The van der Waals surface area contributed by atoms with Crippen molar-refractivity contribution in [3.8, 4) is 0 Å². The van der Waals surface area contributed by atoms with Crippen molar-refractivity contribution in [2.45, 2.75) is 72.5 Å². The maximum absolute atomic E-state index is 13.3. The number of nitrogens with one attached hydrogen (secondary N) is 1. The van der Waals surface area contributed by atoms with E-state index in [0.29, 0.717) is 19.4 Å². The number of nitrogens with zero attached hydrogens (tertiary/aromatic N) is 1. The Hall–Kier alpha value is -2.62. The molecule has 0 aliphatic heterocycles. The van der Waals surface area contributed by atoms with Crippen LogP contribution in [-0.4, -0.2) is 28.8 Å². The molecule has 0 fully saturated rings. The van der Waals surface area contributed by atoms with E-state index in [1.165, 1.54) is 0 Å². The normalized spacial score (nSPS) is 12.9. The van der Waals surface area contributed by atoms with Gasteiger partial charge in [-0.25, -0.2) is 0 Å². The fourth-order valence-electron chi connectivity index (χ4n) is 3.43. The van der Waals surface area contributed by atoms with Crippen LogP contribution in [0.2, 0.25) is 0 Å². The molecule has 0 aliphatic carbocycles. The van der Waals surface area contributed by atoms with E-state index in [2.05, 4.69) is 5.32 Å². The number of carbonyl (C=O) groups is 2. The Morgan fingerprint density at radius 2 is 1.72 bits per heavy atom. The summed E-state index contributed by atoms with van der Waals surface area (Å²) in [6.45, 7) is 10.5. The zero-order valence-electron chi connectivity index (χ0n) is 18.4. The highest BCUT2D eigenvalue weighted by atomic mass is 16.2. The molecule has 0 unspecified atom stereocenters. The molecule has 29 heavy (non-hydrogen) atoms. The lowest BCUT2D eigenvalue weighted by Crippen LogP contribution is -2.51. The molecule has 0 heterocycles. The minimum Gasteiger partial charge on any atom is -0.352 e. The Morgan fingerprint density at radius 3 is 2.34 bits per heavy atom. The van der Waals surface area contributed by atoms with Crippen LogP contribution in [0.5, 0.6) is 0 Å². The number of carbonyl (C=O) groups excluding carboxylic acids is 2. The van der Waals surface area contributed by atoms with Gasteiger partial charge in [0.05, 0.1) is 6.42 Å². The van der Waals surface area contributed by atoms with E-state index in [-0.39, 0.29) is 17.9 Å². The van der Waals surface area contributed by atoms with E-state index in [1.54, 1.807) is 4.90 Å². The van der Waals surface area contributed by atoms with Gasteiger partial charge in [-0.05, 0) is 50.3 Å². The zero-order chi connectivity index (χ0) is 21.4. The molecule has 4 heteroatoms. The van der Waals surface area contributed by atoms with E-state index in [1.807, 2.05) is 83.1 Å². The summed E-state index contributed by atoms with van der Waals surface area (Å²) in [6, 6.07) is 15.6. The molecule has 2 amide bonds. The summed E-state index contributed by atoms with van der Waals surface area (Å²) in [5.41, 5.74) is 4.29. The lowest BCUT2D eigenvalue weighted by Gasteiger charge is -2.32. The first-order valence-electron chi connectivity index (χ1n) is 10.6. The van der Waals surface area contributed by atoms with Crippen LogP contribution < -0.4 is 5.32 Å². The van der Waals surface area contributed by atoms with E-state index < -0.39 is 6.04 Å².